The van der Waals surface area contributed by atoms with Gasteiger partial charge < -0.3 is 5.32 Å². The first-order valence-corrected chi connectivity index (χ1v) is 12.4. The molecule has 13 heteroatoms. The Bertz CT molecular complexity index is 1660. The first-order valence-electron chi connectivity index (χ1n) is 10.9. The molecular formula is C23H21N9O3S. The Morgan fingerprint density at radius 3 is 2.47 bits per heavy atom. The van der Waals surface area contributed by atoms with E-state index < -0.39 is 15.9 Å². The van der Waals surface area contributed by atoms with Crippen molar-refractivity contribution in [3.05, 3.63) is 78.6 Å². The molecule has 4 heterocycles. The molecule has 0 unspecified atom stereocenters. The molecule has 2 N–H and O–H groups in total. The van der Waals surface area contributed by atoms with Crippen LogP contribution in [0, 0.1) is 6.92 Å². The van der Waals surface area contributed by atoms with Gasteiger partial charge in [-0.15, -0.1) is 0 Å². The second kappa shape index (κ2) is 9.19. The molecule has 0 aliphatic heterocycles. The fourth-order valence-corrected chi connectivity index (χ4v) is 4.59. The van der Waals surface area contributed by atoms with Crippen LogP contribution < -0.4 is 10.0 Å². The zero-order valence-corrected chi connectivity index (χ0v) is 20.1. The summed E-state index contributed by atoms with van der Waals surface area (Å²) in [5.41, 5.74) is 3.57. The molecule has 36 heavy (non-hydrogen) atoms. The normalized spacial score (nSPS) is 11.5. The Morgan fingerprint density at radius 2 is 1.78 bits per heavy atom. The highest BCUT2D eigenvalue weighted by atomic mass is 32.2. The highest BCUT2D eigenvalue weighted by Gasteiger charge is 2.19. The van der Waals surface area contributed by atoms with Crippen LogP contribution in [0.2, 0.25) is 0 Å². The molecule has 5 aromatic rings. The van der Waals surface area contributed by atoms with Crippen LogP contribution >= 0.6 is 0 Å². The highest BCUT2D eigenvalue weighted by Crippen LogP contribution is 2.24. The standard InChI is InChI=1S/C23H21N9O3S/c1-3-31-14-19(15(2)29-31)20-9-12-24-21-18(13-27-32(20)21)22(33)28-16-5-7-17(8-6-16)36(34,35)30-23-25-10-4-11-26-23/h4-14H,3H2,1-2H3,(H,28,33)(H,25,26,30). The zero-order chi connectivity index (χ0) is 25.3. The van der Waals surface area contributed by atoms with Gasteiger partial charge in [0.05, 0.1) is 22.5 Å². The van der Waals surface area contributed by atoms with Gasteiger partial charge in [-0.25, -0.2) is 32.6 Å². The number of anilines is 2. The molecular weight excluding hydrogens is 482 g/mol. The number of benzene rings is 1. The number of sulfonamides is 1. The Kier molecular flexibility index (Phi) is 5.90. The van der Waals surface area contributed by atoms with E-state index in [1.807, 2.05) is 30.8 Å². The average Bonchev–Trinajstić information content (AvgIpc) is 3.48. The van der Waals surface area contributed by atoms with E-state index in [1.54, 1.807) is 16.8 Å². The van der Waals surface area contributed by atoms with Gasteiger partial charge in [0, 0.05) is 42.6 Å². The Balaban J connectivity index is 1.37. The van der Waals surface area contributed by atoms with Crippen molar-refractivity contribution >= 4 is 33.2 Å². The second-order valence-electron chi connectivity index (χ2n) is 7.76. The number of nitrogens with one attached hydrogen (secondary N) is 2. The number of aromatic nitrogens is 7. The van der Waals surface area contributed by atoms with Crippen molar-refractivity contribution in [3.8, 4) is 11.3 Å². The third-order valence-electron chi connectivity index (χ3n) is 5.41. The maximum absolute atomic E-state index is 13.0. The Hall–Kier alpha value is -4.65. The SMILES string of the molecule is CCn1cc(-c2ccnc3c(C(=O)Nc4ccc(S(=O)(=O)Nc5ncccn5)cc4)cnn23)c(C)n1. The van der Waals surface area contributed by atoms with Gasteiger partial charge in [0.15, 0.2) is 5.65 Å². The molecule has 4 aromatic heterocycles. The number of hydrogen-bond acceptors (Lipinski definition) is 8. The summed E-state index contributed by atoms with van der Waals surface area (Å²) in [6.07, 6.45) is 7.86. The number of rotatable bonds is 7. The van der Waals surface area contributed by atoms with Gasteiger partial charge in [0.2, 0.25) is 5.95 Å². The lowest BCUT2D eigenvalue weighted by Crippen LogP contribution is -2.15. The fraction of sp³-hybridized carbons (Fsp3) is 0.130. The van der Waals surface area contributed by atoms with Gasteiger partial charge in [-0.2, -0.15) is 10.2 Å². The minimum atomic E-state index is -3.88. The van der Waals surface area contributed by atoms with E-state index in [0.717, 1.165) is 23.5 Å². The van der Waals surface area contributed by atoms with Gasteiger partial charge in [-0.1, -0.05) is 0 Å². The Labute approximate surface area is 206 Å². The number of nitrogens with zero attached hydrogens (tertiary/aromatic N) is 7. The largest absolute Gasteiger partial charge is 0.322 e. The van der Waals surface area contributed by atoms with Crippen LogP contribution in [0.15, 0.2) is 72.3 Å². The number of carbonyl (C=O) groups excluding carboxylic acids is 1. The predicted octanol–water partition coefficient (Wildman–Crippen LogP) is 2.76. The van der Waals surface area contributed by atoms with Gasteiger partial charge in [-0.3, -0.25) is 9.48 Å². The molecule has 0 radical (unpaired) electrons. The van der Waals surface area contributed by atoms with E-state index in [-0.39, 0.29) is 16.4 Å². The molecule has 5 rings (SSSR count). The monoisotopic (exact) mass is 503 g/mol. The predicted molar refractivity (Wildman–Crippen MR) is 132 cm³/mol. The topological polar surface area (TPSA) is 149 Å². The number of carbonyl (C=O) groups is 1. The van der Waals surface area contributed by atoms with Crippen LogP contribution in [0.3, 0.4) is 0 Å². The van der Waals surface area contributed by atoms with Crippen LogP contribution in [0.4, 0.5) is 11.6 Å². The van der Waals surface area contributed by atoms with E-state index in [1.165, 1.54) is 42.9 Å². The van der Waals surface area contributed by atoms with Gasteiger partial charge in [0.25, 0.3) is 15.9 Å². The smallest absolute Gasteiger partial charge is 0.264 e. The van der Waals surface area contributed by atoms with Crippen molar-refractivity contribution in [2.45, 2.75) is 25.3 Å². The van der Waals surface area contributed by atoms with Crippen molar-refractivity contribution in [3.63, 3.8) is 0 Å². The lowest BCUT2D eigenvalue weighted by molar-refractivity contribution is 0.102. The number of amides is 1. The van der Waals surface area contributed by atoms with Crippen LogP contribution in [-0.2, 0) is 16.6 Å². The summed E-state index contributed by atoms with van der Waals surface area (Å²) in [6.45, 7) is 4.65. The minimum Gasteiger partial charge on any atom is -0.322 e. The lowest BCUT2D eigenvalue weighted by Gasteiger charge is -2.08. The molecule has 12 nitrogen and oxygen atoms in total. The van der Waals surface area contributed by atoms with Crippen molar-refractivity contribution in [2.24, 2.45) is 0 Å². The van der Waals surface area contributed by atoms with Crippen LogP contribution in [0.5, 0.6) is 0 Å². The molecule has 0 aliphatic rings. The quantitative estimate of drug-likeness (QED) is 0.344. The summed E-state index contributed by atoms with van der Waals surface area (Å²) in [5.74, 6) is -0.464. The van der Waals surface area contributed by atoms with E-state index in [0.29, 0.717) is 11.3 Å². The third kappa shape index (κ3) is 4.38. The third-order valence-corrected chi connectivity index (χ3v) is 6.75. The maximum Gasteiger partial charge on any atom is 0.264 e. The summed E-state index contributed by atoms with van der Waals surface area (Å²) in [5, 5.41) is 11.6. The number of fused-ring (bicyclic) bond motifs is 1. The average molecular weight is 504 g/mol. The molecule has 182 valence electrons. The van der Waals surface area contributed by atoms with Crippen molar-refractivity contribution in [1.82, 2.24) is 34.3 Å². The van der Waals surface area contributed by atoms with Crippen molar-refractivity contribution < 1.29 is 13.2 Å². The second-order valence-corrected chi connectivity index (χ2v) is 9.45. The number of hydrogen-bond donors (Lipinski definition) is 2. The molecule has 0 saturated carbocycles. The fourth-order valence-electron chi connectivity index (χ4n) is 3.63. The molecule has 0 fully saturated rings. The summed E-state index contributed by atoms with van der Waals surface area (Å²) in [7, 11) is -3.88. The maximum atomic E-state index is 13.0. The van der Waals surface area contributed by atoms with Crippen LogP contribution in [-0.4, -0.2) is 48.7 Å². The van der Waals surface area contributed by atoms with Gasteiger partial charge >= 0.3 is 0 Å². The minimum absolute atomic E-state index is 0.00163. The van der Waals surface area contributed by atoms with Crippen LogP contribution in [0.1, 0.15) is 23.0 Å². The van der Waals surface area contributed by atoms with E-state index in [9.17, 15) is 13.2 Å². The van der Waals surface area contributed by atoms with Crippen LogP contribution in [0.25, 0.3) is 16.9 Å². The van der Waals surface area contributed by atoms with E-state index >= 15 is 0 Å². The number of aryl methyl sites for hydroxylation is 2. The molecule has 0 saturated heterocycles. The van der Waals surface area contributed by atoms with Crippen molar-refractivity contribution in [1.29, 1.82) is 0 Å². The molecule has 1 amide bonds. The van der Waals surface area contributed by atoms with E-state index in [4.69, 9.17) is 0 Å². The van der Waals surface area contributed by atoms with Crippen molar-refractivity contribution in [2.75, 3.05) is 10.0 Å². The molecule has 0 spiro atoms. The molecule has 0 atom stereocenters. The summed E-state index contributed by atoms with van der Waals surface area (Å²) >= 11 is 0. The van der Waals surface area contributed by atoms with Gasteiger partial charge in [-0.05, 0) is 50.2 Å². The first kappa shape index (κ1) is 23.1. The Morgan fingerprint density at radius 1 is 1.03 bits per heavy atom. The molecule has 0 aliphatic carbocycles. The highest BCUT2D eigenvalue weighted by molar-refractivity contribution is 7.92. The zero-order valence-electron chi connectivity index (χ0n) is 19.3. The van der Waals surface area contributed by atoms with Gasteiger partial charge in [0.1, 0.15) is 5.56 Å². The summed E-state index contributed by atoms with van der Waals surface area (Å²) < 4.78 is 30.9. The molecule has 1 aromatic carbocycles. The molecule has 0 bridgehead atoms. The van der Waals surface area contributed by atoms with E-state index in [2.05, 4.69) is 35.2 Å². The lowest BCUT2D eigenvalue weighted by atomic mass is 10.2. The summed E-state index contributed by atoms with van der Waals surface area (Å²) in [4.78, 5) is 25.1. The first-order chi connectivity index (χ1) is 17.4. The summed E-state index contributed by atoms with van der Waals surface area (Å²) in [6, 6.07) is 9.13.